The van der Waals surface area contributed by atoms with E-state index in [0.717, 1.165) is 6.42 Å². The molecule has 0 amide bonds. The largest absolute Gasteiger partial charge is 0.454 e. The summed E-state index contributed by atoms with van der Waals surface area (Å²) in [4.78, 5) is 9.65. The average molecular weight is 129 g/mol. The van der Waals surface area contributed by atoms with Crippen molar-refractivity contribution in [3.8, 4) is 0 Å². The van der Waals surface area contributed by atoms with E-state index in [1.807, 2.05) is 6.92 Å². The monoisotopic (exact) mass is 129 g/mol. The fourth-order valence-electron chi connectivity index (χ4n) is 0.794. The Bertz CT molecular complexity index is 79.0. The van der Waals surface area contributed by atoms with Crippen molar-refractivity contribution in [2.24, 2.45) is 5.92 Å². The van der Waals surface area contributed by atoms with Crippen molar-refractivity contribution in [2.75, 3.05) is 0 Å². The maximum Gasteiger partial charge on any atom is 0.417 e. The topological polar surface area (TPSA) is 26.3 Å². The van der Waals surface area contributed by atoms with E-state index in [9.17, 15) is 4.79 Å². The maximum atomic E-state index is 9.65. The predicted octanol–water partition coefficient (Wildman–Crippen LogP) is 1.50. The summed E-state index contributed by atoms with van der Waals surface area (Å²) < 4.78 is 4.55. The van der Waals surface area contributed by atoms with Gasteiger partial charge in [-0.3, -0.25) is 0 Å². The Labute approximate surface area is 56.2 Å². The summed E-state index contributed by atoms with van der Waals surface area (Å²) in [5, 5.41) is 0. The second-order valence-electron chi connectivity index (χ2n) is 2.64. The van der Waals surface area contributed by atoms with E-state index in [0.29, 0.717) is 5.92 Å². The minimum Gasteiger partial charge on any atom is -0.454 e. The first-order chi connectivity index (χ1) is 4.16. The van der Waals surface area contributed by atoms with Gasteiger partial charge in [0.15, 0.2) is 0 Å². The third-order valence-electron chi connectivity index (χ3n) is 1.05. The molecule has 0 aliphatic rings. The van der Waals surface area contributed by atoms with Crippen LogP contribution in [-0.2, 0) is 9.53 Å². The quantitative estimate of drug-likeness (QED) is 0.575. The van der Waals surface area contributed by atoms with E-state index < -0.39 is 0 Å². The lowest BCUT2D eigenvalue weighted by atomic mass is 10.1. The molecule has 0 spiro atoms. The summed E-state index contributed by atoms with van der Waals surface area (Å²) in [7, 11) is 0. The fraction of sp³-hybridized carbons (Fsp3) is 0.857. The molecule has 0 aromatic rings. The summed E-state index contributed by atoms with van der Waals surface area (Å²) in [6.07, 6.45) is 0.928. The highest BCUT2D eigenvalue weighted by molar-refractivity contribution is 5.38. The Morgan fingerprint density at radius 2 is 2.00 bits per heavy atom. The van der Waals surface area contributed by atoms with Gasteiger partial charge in [-0.05, 0) is 19.3 Å². The van der Waals surface area contributed by atoms with Gasteiger partial charge in [-0.1, -0.05) is 13.8 Å². The van der Waals surface area contributed by atoms with Crippen LogP contribution < -0.4 is 0 Å². The first-order valence-corrected chi connectivity index (χ1v) is 3.19. The molecule has 53 valence electrons. The van der Waals surface area contributed by atoms with Gasteiger partial charge in [0.25, 0.3) is 0 Å². The molecule has 0 aliphatic heterocycles. The molecule has 0 N–H and O–H groups in total. The summed E-state index contributed by atoms with van der Waals surface area (Å²) >= 11 is 0. The van der Waals surface area contributed by atoms with Crippen molar-refractivity contribution in [1.29, 1.82) is 0 Å². The summed E-state index contributed by atoms with van der Waals surface area (Å²) in [6.45, 7) is 7.46. The molecular formula is C7H13O2. The molecule has 0 aliphatic carbocycles. The molecule has 0 saturated heterocycles. The Kier molecular flexibility index (Phi) is 4.10. The molecule has 1 radical (unpaired) electrons. The van der Waals surface area contributed by atoms with Crippen molar-refractivity contribution in [3.05, 3.63) is 0 Å². The Hall–Kier alpha value is -0.530. The van der Waals surface area contributed by atoms with Crippen LogP contribution in [0.3, 0.4) is 0 Å². The van der Waals surface area contributed by atoms with Crippen molar-refractivity contribution < 1.29 is 9.53 Å². The van der Waals surface area contributed by atoms with Gasteiger partial charge in [-0.2, -0.15) is 0 Å². The number of ether oxygens (including phenoxy) is 1. The van der Waals surface area contributed by atoms with Crippen LogP contribution in [0.25, 0.3) is 0 Å². The molecule has 0 bridgehead atoms. The summed E-state index contributed by atoms with van der Waals surface area (Å²) in [6, 6.07) is 0. The lowest BCUT2D eigenvalue weighted by molar-refractivity contribution is 0.170. The average Bonchev–Trinajstić information content (AvgIpc) is 1.63. The zero-order valence-electron chi connectivity index (χ0n) is 6.18. The first kappa shape index (κ1) is 8.47. The second-order valence-corrected chi connectivity index (χ2v) is 2.64. The van der Waals surface area contributed by atoms with Crippen LogP contribution in [0.1, 0.15) is 27.2 Å². The minimum absolute atomic E-state index is 0.0162. The van der Waals surface area contributed by atoms with Crippen LogP contribution in [0.5, 0.6) is 0 Å². The van der Waals surface area contributed by atoms with Crippen LogP contribution in [0.15, 0.2) is 0 Å². The smallest absolute Gasteiger partial charge is 0.417 e. The first-order valence-electron chi connectivity index (χ1n) is 3.19. The Balaban J connectivity index is 3.25. The SMILES string of the molecule is CC(C)CC(C)O[C]=O. The van der Waals surface area contributed by atoms with Crippen LogP contribution in [0.2, 0.25) is 0 Å². The van der Waals surface area contributed by atoms with Gasteiger partial charge in [0.2, 0.25) is 0 Å². The summed E-state index contributed by atoms with van der Waals surface area (Å²) in [5.74, 6) is 0.577. The molecule has 2 heteroatoms. The van der Waals surface area contributed by atoms with Crippen LogP contribution >= 0.6 is 0 Å². The van der Waals surface area contributed by atoms with E-state index in [2.05, 4.69) is 18.6 Å². The van der Waals surface area contributed by atoms with Gasteiger partial charge in [-0.15, -0.1) is 0 Å². The predicted molar refractivity (Wildman–Crippen MR) is 35.7 cm³/mol. The number of hydrogen-bond acceptors (Lipinski definition) is 2. The van der Waals surface area contributed by atoms with E-state index in [1.165, 1.54) is 6.47 Å². The Morgan fingerprint density at radius 3 is 2.33 bits per heavy atom. The van der Waals surface area contributed by atoms with Crippen molar-refractivity contribution >= 4 is 6.47 Å². The lowest BCUT2D eigenvalue weighted by Crippen LogP contribution is -2.09. The Morgan fingerprint density at radius 1 is 1.44 bits per heavy atom. The van der Waals surface area contributed by atoms with Crippen molar-refractivity contribution in [1.82, 2.24) is 0 Å². The molecule has 0 rings (SSSR count). The lowest BCUT2D eigenvalue weighted by Gasteiger charge is -2.09. The van der Waals surface area contributed by atoms with Crippen LogP contribution in [0, 0.1) is 5.92 Å². The highest BCUT2D eigenvalue weighted by Gasteiger charge is 2.03. The maximum absolute atomic E-state index is 9.65. The molecule has 0 saturated carbocycles. The molecule has 0 aromatic carbocycles. The number of carbonyl (C=O) groups excluding carboxylic acids is 1. The molecule has 0 aromatic heterocycles. The van der Waals surface area contributed by atoms with E-state index in [1.54, 1.807) is 0 Å². The fourth-order valence-corrected chi connectivity index (χ4v) is 0.794. The molecule has 2 nitrogen and oxygen atoms in total. The number of hydrogen-bond donors (Lipinski definition) is 0. The van der Waals surface area contributed by atoms with Gasteiger partial charge in [0.1, 0.15) is 0 Å². The highest BCUT2D eigenvalue weighted by atomic mass is 16.5. The van der Waals surface area contributed by atoms with Gasteiger partial charge < -0.3 is 4.74 Å². The van der Waals surface area contributed by atoms with Crippen molar-refractivity contribution in [2.45, 2.75) is 33.3 Å². The van der Waals surface area contributed by atoms with Crippen molar-refractivity contribution in [3.63, 3.8) is 0 Å². The number of rotatable bonds is 4. The molecule has 0 heterocycles. The minimum atomic E-state index is 0.0162. The van der Waals surface area contributed by atoms with Gasteiger partial charge in [0.05, 0.1) is 6.10 Å². The molecule has 1 atom stereocenters. The second kappa shape index (κ2) is 4.36. The molecule has 1 unspecified atom stereocenters. The summed E-state index contributed by atoms with van der Waals surface area (Å²) in [5.41, 5.74) is 0. The molecule has 9 heavy (non-hydrogen) atoms. The normalized spacial score (nSPS) is 13.3. The zero-order valence-corrected chi connectivity index (χ0v) is 6.18. The van der Waals surface area contributed by atoms with Gasteiger partial charge in [0, 0.05) is 0 Å². The highest BCUT2D eigenvalue weighted by Crippen LogP contribution is 2.05. The molecule has 0 fully saturated rings. The van der Waals surface area contributed by atoms with Gasteiger partial charge >= 0.3 is 6.47 Å². The van der Waals surface area contributed by atoms with E-state index in [4.69, 9.17) is 0 Å². The zero-order chi connectivity index (χ0) is 7.28. The van der Waals surface area contributed by atoms with Gasteiger partial charge in [-0.25, -0.2) is 4.79 Å². The van der Waals surface area contributed by atoms with E-state index >= 15 is 0 Å². The third kappa shape index (κ3) is 5.34. The van der Waals surface area contributed by atoms with Crippen LogP contribution in [0.4, 0.5) is 0 Å². The van der Waals surface area contributed by atoms with Crippen LogP contribution in [-0.4, -0.2) is 12.6 Å². The molecular weight excluding hydrogens is 116 g/mol. The standard InChI is InChI=1S/C7H13O2/c1-6(2)4-7(3)9-5-8/h6-7H,4H2,1-3H3. The van der Waals surface area contributed by atoms with E-state index in [-0.39, 0.29) is 6.10 Å². The third-order valence-corrected chi connectivity index (χ3v) is 1.05.